The van der Waals surface area contributed by atoms with Gasteiger partial charge in [0.1, 0.15) is 0 Å². The Morgan fingerprint density at radius 3 is 3.17 bits per heavy atom. The number of rotatable bonds is 1. The normalized spacial score (nSPS) is 17.0. The minimum atomic E-state index is -0.187. The van der Waals surface area contributed by atoms with Gasteiger partial charge < -0.3 is 4.74 Å². The molecule has 0 fully saturated rings. The fraction of sp³-hybridized carbons (Fsp3) is 0.250. The minimum absolute atomic E-state index is 0.187. The minimum Gasteiger partial charge on any atom is -0.406 e. The predicted molar refractivity (Wildman–Crippen MR) is 46.4 cm³/mol. The van der Waals surface area contributed by atoms with Crippen LogP contribution in [0.5, 0.6) is 0 Å². The zero-order valence-electron chi connectivity index (χ0n) is 6.32. The first-order chi connectivity index (χ1) is 5.86. The van der Waals surface area contributed by atoms with Crippen LogP contribution < -0.4 is 0 Å². The van der Waals surface area contributed by atoms with Gasteiger partial charge >= 0.3 is 5.97 Å². The van der Waals surface area contributed by atoms with Gasteiger partial charge in [0.2, 0.25) is 5.90 Å². The molecule has 0 amide bonds. The summed E-state index contributed by atoms with van der Waals surface area (Å²) < 4.78 is 4.95. The number of cyclic esters (lactones) is 1. The van der Waals surface area contributed by atoms with Crippen LogP contribution in [0.2, 0.25) is 0 Å². The van der Waals surface area contributed by atoms with Gasteiger partial charge in [-0.1, -0.05) is 6.07 Å². The van der Waals surface area contributed by atoms with E-state index in [1.807, 2.05) is 17.5 Å². The third-order valence-corrected chi connectivity index (χ3v) is 2.37. The van der Waals surface area contributed by atoms with Gasteiger partial charge in [0.05, 0.1) is 17.8 Å². The molecule has 1 aromatic rings. The van der Waals surface area contributed by atoms with Crippen LogP contribution in [0.1, 0.15) is 11.3 Å². The first-order valence-corrected chi connectivity index (χ1v) is 4.53. The molecule has 2 heterocycles. The van der Waals surface area contributed by atoms with Crippen molar-refractivity contribution in [3.8, 4) is 0 Å². The third kappa shape index (κ3) is 1.38. The summed E-state index contributed by atoms with van der Waals surface area (Å²) in [6, 6.07) is 3.80. The van der Waals surface area contributed by atoms with Gasteiger partial charge in [0, 0.05) is 0 Å². The van der Waals surface area contributed by atoms with Gasteiger partial charge in [-0.05, 0) is 11.4 Å². The Hall–Kier alpha value is -1.16. The van der Waals surface area contributed by atoms with Gasteiger partial charge in [0.15, 0.2) is 0 Å². The van der Waals surface area contributed by atoms with Crippen LogP contribution in [0, 0.1) is 0 Å². The molecular weight excluding hydrogens is 174 g/mol. The highest BCUT2D eigenvalue weighted by molar-refractivity contribution is 7.12. The van der Waals surface area contributed by atoms with Crippen LogP contribution in [0.4, 0.5) is 0 Å². The molecule has 4 heteroatoms. The van der Waals surface area contributed by atoms with Gasteiger partial charge in [-0.15, -0.1) is 11.3 Å². The second kappa shape index (κ2) is 3.06. The molecule has 0 spiro atoms. The van der Waals surface area contributed by atoms with Crippen LogP contribution in [0.3, 0.4) is 0 Å². The van der Waals surface area contributed by atoms with E-state index < -0.39 is 0 Å². The van der Waals surface area contributed by atoms with E-state index in [-0.39, 0.29) is 5.97 Å². The summed E-state index contributed by atoms with van der Waals surface area (Å²) >= 11 is 1.52. The number of hydrogen-bond acceptors (Lipinski definition) is 4. The number of thiophene rings is 1. The molecular formula is C8H7NO2S. The lowest BCUT2D eigenvalue weighted by Gasteiger charge is -2.09. The molecule has 0 saturated carbocycles. The molecule has 2 rings (SSSR count). The molecule has 1 aromatic heterocycles. The Morgan fingerprint density at radius 1 is 1.58 bits per heavy atom. The average Bonchev–Trinajstić information content (AvgIpc) is 2.56. The van der Waals surface area contributed by atoms with E-state index in [0.29, 0.717) is 18.9 Å². The molecule has 1 aliphatic rings. The zero-order chi connectivity index (χ0) is 8.39. The molecule has 0 aliphatic carbocycles. The summed E-state index contributed by atoms with van der Waals surface area (Å²) in [5.41, 5.74) is 0. The van der Waals surface area contributed by atoms with Gasteiger partial charge in [-0.3, -0.25) is 4.79 Å². The van der Waals surface area contributed by atoms with E-state index in [1.54, 1.807) is 0 Å². The monoisotopic (exact) mass is 181 g/mol. The number of esters is 1. The average molecular weight is 181 g/mol. The molecule has 0 unspecified atom stereocenters. The smallest absolute Gasteiger partial charge is 0.314 e. The van der Waals surface area contributed by atoms with Crippen LogP contribution in [-0.4, -0.2) is 18.4 Å². The first kappa shape index (κ1) is 7.49. The van der Waals surface area contributed by atoms with Gasteiger partial charge in [-0.2, -0.15) is 0 Å². The van der Waals surface area contributed by atoms with Crippen molar-refractivity contribution in [3.05, 3.63) is 22.4 Å². The highest BCUT2D eigenvalue weighted by Crippen LogP contribution is 2.13. The van der Waals surface area contributed by atoms with Gasteiger partial charge in [-0.25, -0.2) is 4.99 Å². The number of nitrogens with zero attached hydrogens (tertiary/aromatic N) is 1. The Bertz CT molecular complexity index is 316. The molecule has 0 radical (unpaired) electrons. The number of hydrogen-bond donors (Lipinski definition) is 0. The molecule has 1 aliphatic heterocycles. The van der Waals surface area contributed by atoms with E-state index in [0.717, 1.165) is 4.88 Å². The number of carbonyl (C=O) groups is 1. The maximum Gasteiger partial charge on any atom is 0.314 e. The molecule has 62 valence electrons. The quantitative estimate of drug-likeness (QED) is 0.615. The van der Waals surface area contributed by atoms with Crippen molar-refractivity contribution < 1.29 is 9.53 Å². The highest BCUT2D eigenvalue weighted by atomic mass is 32.1. The van der Waals surface area contributed by atoms with E-state index >= 15 is 0 Å². The largest absolute Gasteiger partial charge is 0.406 e. The third-order valence-electron chi connectivity index (χ3n) is 1.51. The van der Waals surface area contributed by atoms with Crippen molar-refractivity contribution in [2.75, 3.05) is 6.54 Å². The SMILES string of the molecule is O=C1CCN=C(c2cccs2)O1. The second-order valence-corrected chi connectivity index (χ2v) is 3.34. The molecule has 0 N–H and O–H groups in total. The van der Waals surface area contributed by atoms with Crippen molar-refractivity contribution in [1.29, 1.82) is 0 Å². The van der Waals surface area contributed by atoms with Crippen LogP contribution in [-0.2, 0) is 9.53 Å². The summed E-state index contributed by atoms with van der Waals surface area (Å²) in [7, 11) is 0. The van der Waals surface area contributed by atoms with Crippen molar-refractivity contribution >= 4 is 23.2 Å². The first-order valence-electron chi connectivity index (χ1n) is 3.65. The Labute approximate surface area is 73.7 Å². The van der Waals surface area contributed by atoms with Crippen LogP contribution in [0.15, 0.2) is 22.5 Å². The standard InChI is InChI=1S/C8H7NO2S/c10-7-3-4-9-8(11-7)6-2-1-5-12-6/h1-2,5H,3-4H2. The summed E-state index contributed by atoms with van der Waals surface area (Å²) in [4.78, 5) is 15.9. The van der Waals surface area contributed by atoms with Crippen molar-refractivity contribution in [2.45, 2.75) is 6.42 Å². The fourth-order valence-electron chi connectivity index (χ4n) is 0.968. The molecule has 0 saturated heterocycles. The fourth-order valence-corrected chi connectivity index (χ4v) is 1.64. The zero-order valence-corrected chi connectivity index (χ0v) is 7.13. The predicted octanol–water partition coefficient (Wildman–Crippen LogP) is 1.44. The second-order valence-electron chi connectivity index (χ2n) is 2.39. The van der Waals surface area contributed by atoms with Crippen LogP contribution >= 0.6 is 11.3 Å². The van der Waals surface area contributed by atoms with Crippen molar-refractivity contribution in [2.24, 2.45) is 4.99 Å². The lowest BCUT2D eigenvalue weighted by atomic mass is 10.4. The number of ether oxygens (including phenoxy) is 1. The highest BCUT2D eigenvalue weighted by Gasteiger charge is 2.15. The van der Waals surface area contributed by atoms with E-state index in [4.69, 9.17) is 4.74 Å². The summed E-state index contributed by atoms with van der Waals surface area (Å²) in [5.74, 6) is 0.287. The Morgan fingerprint density at radius 2 is 2.50 bits per heavy atom. The summed E-state index contributed by atoms with van der Waals surface area (Å²) in [5, 5.41) is 1.93. The lowest BCUT2D eigenvalue weighted by Crippen LogP contribution is -2.18. The van der Waals surface area contributed by atoms with Crippen LogP contribution in [0.25, 0.3) is 0 Å². The maximum absolute atomic E-state index is 10.9. The van der Waals surface area contributed by atoms with E-state index in [2.05, 4.69) is 4.99 Å². The number of aliphatic imine (C=N–C) groups is 1. The Balaban J connectivity index is 2.24. The molecule has 0 atom stereocenters. The molecule has 3 nitrogen and oxygen atoms in total. The van der Waals surface area contributed by atoms with Gasteiger partial charge in [0.25, 0.3) is 0 Å². The lowest BCUT2D eigenvalue weighted by molar-refractivity contribution is -0.135. The van der Waals surface area contributed by atoms with Crippen molar-refractivity contribution in [1.82, 2.24) is 0 Å². The van der Waals surface area contributed by atoms with Crippen molar-refractivity contribution in [3.63, 3.8) is 0 Å². The molecule has 0 bridgehead atoms. The van der Waals surface area contributed by atoms with E-state index in [9.17, 15) is 4.79 Å². The molecule has 0 aromatic carbocycles. The molecule has 12 heavy (non-hydrogen) atoms. The number of carbonyl (C=O) groups excluding carboxylic acids is 1. The topological polar surface area (TPSA) is 38.7 Å². The summed E-state index contributed by atoms with van der Waals surface area (Å²) in [6.45, 7) is 0.548. The maximum atomic E-state index is 10.9. The van der Waals surface area contributed by atoms with E-state index in [1.165, 1.54) is 11.3 Å². The summed E-state index contributed by atoms with van der Waals surface area (Å²) in [6.07, 6.45) is 0.398. The Kier molecular flexibility index (Phi) is 1.91.